The van der Waals surface area contributed by atoms with Crippen molar-refractivity contribution in [1.82, 2.24) is 0 Å². The second-order valence-electron chi connectivity index (χ2n) is 0.702. The van der Waals surface area contributed by atoms with Gasteiger partial charge in [-0.2, -0.15) is 0 Å². The number of hydrogen-bond donors (Lipinski definition) is 0. The average molecular weight is 254 g/mol. The van der Waals surface area contributed by atoms with E-state index in [1.807, 2.05) is 0 Å². The maximum atomic E-state index is 9.33. The van der Waals surface area contributed by atoms with Crippen LogP contribution >= 0.6 is 0 Å². The van der Waals surface area contributed by atoms with Gasteiger partial charge in [0.15, 0.2) is 0 Å². The fourth-order valence-corrected chi connectivity index (χ4v) is 0. The molecule has 1 nitrogen and oxygen atoms in total. The SMILES string of the molecule is [Au+].[CH2-]C(C)=O. The minimum absolute atomic E-state index is 0. The summed E-state index contributed by atoms with van der Waals surface area (Å²) in [5.74, 6) is -0.0833. The molecule has 0 N–H and O–H groups in total. The molecule has 0 saturated carbocycles. The van der Waals surface area contributed by atoms with Crippen molar-refractivity contribution < 1.29 is 27.2 Å². The van der Waals surface area contributed by atoms with Crippen LogP contribution in [0.1, 0.15) is 6.92 Å². The minimum atomic E-state index is -0.0833. The average Bonchev–Trinajstić information content (AvgIpc) is 0.811. The third-order valence-electron chi connectivity index (χ3n) is 0. The molecule has 0 spiro atoms. The van der Waals surface area contributed by atoms with Crippen molar-refractivity contribution >= 4 is 5.78 Å². The number of ketones is 1. The molecule has 0 atom stereocenters. The van der Waals surface area contributed by atoms with E-state index in [4.69, 9.17) is 0 Å². The molecule has 0 aromatic carbocycles. The van der Waals surface area contributed by atoms with Gasteiger partial charge < -0.3 is 11.7 Å². The van der Waals surface area contributed by atoms with Crippen LogP contribution in [0.2, 0.25) is 0 Å². The predicted octanol–water partition coefficient (Wildman–Crippen LogP) is 0.407. The van der Waals surface area contributed by atoms with E-state index in [2.05, 4.69) is 6.92 Å². The minimum Gasteiger partial charge on any atom is -0.340 e. The molecule has 2 heteroatoms. The number of carbonyl (C=O) groups is 1. The molecule has 0 aliphatic heterocycles. The summed E-state index contributed by atoms with van der Waals surface area (Å²) in [7, 11) is 0. The molecule has 0 bridgehead atoms. The number of hydrogen-bond acceptors (Lipinski definition) is 1. The standard InChI is InChI=1S/C3H5O.Au/c1-3(2)4;/h1H2,2H3;/q-1;+1. The van der Waals surface area contributed by atoms with E-state index in [0.717, 1.165) is 0 Å². The van der Waals surface area contributed by atoms with E-state index in [9.17, 15) is 4.79 Å². The van der Waals surface area contributed by atoms with E-state index < -0.39 is 0 Å². The monoisotopic (exact) mass is 254 g/mol. The van der Waals surface area contributed by atoms with Gasteiger partial charge in [-0.15, -0.1) is 0 Å². The normalized spacial score (nSPS) is 5.00. The van der Waals surface area contributed by atoms with Crippen molar-refractivity contribution in [1.29, 1.82) is 0 Å². The zero-order valence-electron chi connectivity index (χ0n) is 2.92. The Morgan fingerprint density at radius 1 is 1.80 bits per heavy atom. The van der Waals surface area contributed by atoms with E-state index in [0.29, 0.717) is 0 Å². The van der Waals surface area contributed by atoms with Crippen molar-refractivity contribution in [3.63, 3.8) is 0 Å². The molecule has 0 fully saturated rings. The molecule has 0 rings (SSSR count). The Bertz CT molecular complexity index is 29.9. The van der Waals surface area contributed by atoms with Crippen LogP contribution in [-0.2, 0) is 27.2 Å². The summed E-state index contributed by atoms with van der Waals surface area (Å²) in [6, 6.07) is 0. The maximum absolute atomic E-state index is 9.33. The Morgan fingerprint density at radius 2 is 1.80 bits per heavy atom. The first-order valence-electron chi connectivity index (χ1n) is 1.06. The summed E-state index contributed by atoms with van der Waals surface area (Å²) in [5, 5.41) is 0. The Labute approximate surface area is 47.3 Å². The summed E-state index contributed by atoms with van der Waals surface area (Å²) in [6.45, 7) is 4.42. The summed E-state index contributed by atoms with van der Waals surface area (Å²) >= 11 is 0. The molecular weight excluding hydrogens is 249 g/mol. The Kier molecular flexibility index (Phi) is 7.70. The van der Waals surface area contributed by atoms with Crippen LogP contribution in [0, 0.1) is 6.92 Å². The van der Waals surface area contributed by atoms with E-state index in [1.54, 1.807) is 0 Å². The van der Waals surface area contributed by atoms with Gasteiger partial charge in [-0.05, 0) is 12.7 Å². The second kappa shape index (κ2) is 4.28. The van der Waals surface area contributed by atoms with Gasteiger partial charge in [-0.3, -0.25) is 0 Å². The largest absolute Gasteiger partial charge is 1.00 e. The fraction of sp³-hybridized carbons (Fsp3) is 0.333. The Hall–Kier alpha value is 0.280. The van der Waals surface area contributed by atoms with Crippen LogP contribution in [0.4, 0.5) is 0 Å². The fourth-order valence-electron chi connectivity index (χ4n) is 0. The summed E-state index contributed by atoms with van der Waals surface area (Å²) in [4.78, 5) is 9.33. The van der Waals surface area contributed by atoms with Crippen LogP contribution in [0.25, 0.3) is 0 Å². The molecule has 0 unspecified atom stereocenters. The van der Waals surface area contributed by atoms with Crippen LogP contribution in [-0.4, -0.2) is 5.78 Å². The molecule has 0 aromatic heterocycles. The molecule has 0 saturated heterocycles. The summed E-state index contributed by atoms with van der Waals surface area (Å²) in [5.41, 5.74) is 0. The van der Waals surface area contributed by atoms with Crippen LogP contribution in [0.5, 0.6) is 0 Å². The smallest absolute Gasteiger partial charge is 0.340 e. The zero-order valence-corrected chi connectivity index (χ0v) is 5.08. The van der Waals surface area contributed by atoms with E-state index in [-0.39, 0.29) is 28.2 Å². The van der Waals surface area contributed by atoms with Crippen molar-refractivity contribution in [3.8, 4) is 0 Å². The van der Waals surface area contributed by atoms with Crippen molar-refractivity contribution in [2.24, 2.45) is 0 Å². The van der Waals surface area contributed by atoms with Crippen LogP contribution in [0.3, 0.4) is 0 Å². The zero-order chi connectivity index (χ0) is 3.58. The van der Waals surface area contributed by atoms with Crippen LogP contribution in [0.15, 0.2) is 0 Å². The van der Waals surface area contributed by atoms with Gasteiger partial charge >= 0.3 is 22.4 Å². The van der Waals surface area contributed by atoms with Crippen LogP contribution < -0.4 is 0 Å². The third-order valence-corrected chi connectivity index (χ3v) is 0. The molecule has 0 radical (unpaired) electrons. The molecule has 0 amide bonds. The molecule has 34 valence electrons. The first-order valence-corrected chi connectivity index (χ1v) is 1.06. The Balaban J connectivity index is 0. The third kappa shape index (κ3) is 283. The molecule has 0 aliphatic carbocycles. The van der Waals surface area contributed by atoms with Gasteiger partial charge in [0.1, 0.15) is 0 Å². The second-order valence-corrected chi connectivity index (χ2v) is 0.702. The van der Waals surface area contributed by atoms with Gasteiger partial charge in [0.25, 0.3) is 0 Å². The van der Waals surface area contributed by atoms with Gasteiger partial charge in [0.05, 0.1) is 0 Å². The topological polar surface area (TPSA) is 17.1 Å². The van der Waals surface area contributed by atoms with Gasteiger partial charge in [0, 0.05) is 0 Å². The quantitative estimate of drug-likeness (QED) is 0.452. The first kappa shape index (κ1) is 8.99. The van der Waals surface area contributed by atoms with E-state index in [1.165, 1.54) is 6.92 Å². The first-order chi connectivity index (χ1) is 1.73. The van der Waals surface area contributed by atoms with Gasteiger partial charge in [0.2, 0.25) is 0 Å². The predicted molar refractivity (Wildman–Crippen MR) is 16.0 cm³/mol. The molecule has 0 heterocycles. The summed E-state index contributed by atoms with van der Waals surface area (Å²) in [6.07, 6.45) is 0. The molecule has 0 aromatic rings. The van der Waals surface area contributed by atoms with Crippen molar-refractivity contribution in [2.75, 3.05) is 0 Å². The summed E-state index contributed by atoms with van der Waals surface area (Å²) < 4.78 is 0. The molecule has 5 heavy (non-hydrogen) atoms. The molecule has 0 aliphatic rings. The van der Waals surface area contributed by atoms with Gasteiger partial charge in [-0.1, -0.05) is 0 Å². The van der Waals surface area contributed by atoms with Crippen molar-refractivity contribution in [3.05, 3.63) is 6.92 Å². The van der Waals surface area contributed by atoms with Crippen molar-refractivity contribution in [2.45, 2.75) is 6.92 Å². The number of carbonyl (C=O) groups excluding carboxylic acids is 1. The number of rotatable bonds is 0. The molecular formula is C3H5AuO. The number of Topliss-reactive ketones (excluding diaryl/α,β-unsaturated/α-hetero) is 1. The Morgan fingerprint density at radius 3 is 1.80 bits per heavy atom. The van der Waals surface area contributed by atoms with E-state index >= 15 is 0 Å². The van der Waals surface area contributed by atoms with Gasteiger partial charge in [-0.25, -0.2) is 0 Å². The maximum Gasteiger partial charge on any atom is 1.00 e.